The number of hydrogen-bond donors (Lipinski definition) is 6. The van der Waals surface area contributed by atoms with Crippen molar-refractivity contribution in [3.05, 3.63) is 119 Å². The Labute approximate surface area is 368 Å². The fourth-order valence-corrected chi connectivity index (χ4v) is 9.66. The molecule has 6 N–H and O–H groups in total. The van der Waals surface area contributed by atoms with Crippen LogP contribution in [0, 0.1) is 0 Å². The van der Waals surface area contributed by atoms with Crippen LogP contribution in [0.25, 0.3) is 5.57 Å². The van der Waals surface area contributed by atoms with E-state index in [1.54, 1.807) is 24.0 Å². The second-order valence-electron chi connectivity index (χ2n) is 14.2. The van der Waals surface area contributed by atoms with E-state index in [0.29, 0.717) is 74.6 Å². The lowest BCUT2D eigenvalue weighted by molar-refractivity contribution is -0.128. The average molecular weight is 938 g/mol. The van der Waals surface area contributed by atoms with Crippen LogP contribution < -0.4 is 26.0 Å². The molecule has 4 aromatic carbocycles. The normalized spacial score (nSPS) is 14.1. The van der Waals surface area contributed by atoms with Gasteiger partial charge < -0.3 is 31.3 Å². The van der Waals surface area contributed by atoms with Crippen molar-refractivity contribution >= 4 is 72.0 Å². The first kappa shape index (κ1) is 48.4. The largest absolute Gasteiger partial charge is 0.501 e. The van der Waals surface area contributed by atoms with Crippen LogP contribution in [0.5, 0.6) is 0 Å². The molecule has 0 aromatic heterocycles. The first-order valence-corrected chi connectivity index (χ1v) is 23.9. The minimum absolute atomic E-state index is 0.000477. The summed E-state index contributed by atoms with van der Waals surface area (Å²) in [6, 6.07) is 24.2. The molecule has 0 bridgehead atoms. The van der Waals surface area contributed by atoms with Gasteiger partial charge in [-0.05, 0) is 103 Å². The van der Waals surface area contributed by atoms with E-state index < -0.39 is 52.8 Å². The Morgan fingerprint density at radius 1 is 0.887 bits per heavy atom. The molecule has 62 heavy (non-hydrogen) atoms. The highest BCUT2D eigenvalue weighted by Crippen LogP contribution is 2.37. The van der Waals surface area contributed by atoms with E-state index in [4.69, 9.17) is 16.7 Å². The minimum Gasteiger partial charge on any atom is -0.395 e. The lowest BCUT2D eigenvalue weighted by Gasteiger charge is -2.31. The van der Waals surface area contributed by atoms with Crippen molar-refractivity contribution in [1.29, 1.82) is 0 Å². The topological polar surface area (TPSA) is 186 Å². The lowest BCUT2D eigenvalue weighted by Crippen LogP contribution is -2.38. The summed E-state index contributed by atoms with van der Waals surface area (Å²) >= 11 is 7.47. The van der Waals surface area contributed by atoms with Crippen molar-refractivity contribution in [2.45, 2.75) is 46.0 Å². The fraction of sp³-hybridized carbons (Fsp3) is 0.333. The van der Waals surface area contributed by atoms with Gasteiger partial charge >= 0.3 is 5.51 Å². The zero-order chi connectivity index (χ0) is 44.9. The predicted octanol–water partition coefficient (Wildman–Crippen LogP) is 6.00. The smallest absolute Gasteiger partial charge is 0.395 e. The number of aliphatic hydroxyl groups excluding tert-OH is 1. The van der Waals surface area contributed by atoms with Gasteiger partial charge in [0.25, 0.3) is 25.8 Å². The molecule has 4 aromatic rings. The molecule has 0 aliphatic carbocycles. The molecule has 1 heterocycles. The van der Waals surface area contributed by atoms with Gasteiger partial charge in [0.15, 0.2) is 0 Å². The number of carbonyl (C=O) groups excluding carboxylic acids is 2. The maximum Gasteiger partial charge on any atom is 0.501 e. The number of anilines is 2. The number of hydrogen-bond acceptors (Lipinski definition) is 12. The minimum atomic E-state index is -6.08. The van der Waals surface area contributed by atoms with Gasteiger partial charge in [-0.25, -0.2) is 21.6 Å². The number of aliphatic hydroxyl groups is 1. The van der Waals surface area contributed by atoms with Crippen LogP contribution in [0.2, 0.25) is 5.02 Å². The number of sulfone groups is 1. The number of sulfonamides is 1. The van der Waals surface area contributed by atoms with Crippen molar-refractivity contribution in [3.8, 4) is 0 Å². The van der Waals surface area contributed by atoms with Crippen LogP contribution in [0.15, 0.2) is 117 Å². The third kappa shape index (κ3) is 13.4. The maximum atomic E-state index is 14.0. The summed E-state index contributed by atoms with van der Waals surface area (Å²) in [5.41, 5.74) is -2.42. The zero-order valence-corrected chi connectivity index (χ0v) is 36.9. The monoisotopic (exact) mass is 936 g/mol. The number of nitrogens with one attached hydrogen (secondary N) is 5. The van der Waals surface area contributed by atoms with Crippen LogP contribution >= 0.6 is 23.4 Å². The first-order chi connectivity index (χ1) is 29.5. The second-order valence-corrected chi connectivity index (χ2v) is 19.4. The molecule has 1 aliphatic heterocycles. The number of benzene rings is 4. The Kier molecular flexibility index (Phi) is 17.3. The van der Waals surface area contributed by atoms with Crippen LogP contribution in [-0.4, -0.2) is 108 Å². The van der Waals surface area contributed by atoms with Crippen LogP contribution in [0.1, 0.15) is 35.7 Å². The Bertz CT molecular complexity index is 2410. The second kappa shape index (κ2) is 22.1. The molecule has 1 aliphatic rings. The maximum absolute atomic E-state index is 14.0. The van der Waals surface area contributed by atoms with Gasteiger partial charge in [-0.2, -0.15) is 13.2 Å². The van der Waals surface area contributed by atoms with E-state index in [-0.39, 0.29) is 24.6 Å². The highest BCUT2D eigenvalue weighted by Gasteiger charge is 2.48. The summed E-state index contributed by atoms with van der Waals surface area (Å²) in [7, 11) is -11.0. The Morgan fingerprint density at radius 3 is 2.26 bits per heavy atom. The number of rotatable bonds is 21. The Hall–Kier alpha value is -4.63. The summed E-state index contributed by atoms with van der Waals surface area (Å²) in [5.74, 6) is -0.795. The molecule has 1 atom stereocenters. The lowest BCUT2D eigenvalue weighted by atomic mass is 9.93. The van der Waals surface area contributed by atoms with Gasteiger partial charge in [0.1, 0.15) is 4.90 Å². The quantitative estimate of drug-likeness (QED) is 0.0424. The van der Waals surface area contributed by atoms with Gasteiger partial charge in [-0.15, -0.1) is 11.8 Å². The van der Waals surface area contributed by atoms with Crippen LogP contribution in [0.4, 0.5) is 24.5 Å². The Morgan fingerprint density at radius 2 is 1.60 bits per heavy atom. The van der Waals surface area contributed by atoms with Crippen molar-refractivity contribution in [1.82, 2.24) is 20.3 Å². The molecule has 0 saturated carbocycles. The molecule has 20 heteroatoms. The number of thioether (sulfide) groups is 1. The molecule has 0 saturated heterocycles. The molecule has 0 fully saturated rings. The van der Waals surface area contributed by atoms with Crippen molar-refractivity contribution in [3.63, 3.8) is 0 Å². The van der Waals surface area contributed by atoms with E-state index in [1.807, 2.05) is 59.3 Å². The average Bonchev–Trinajstić information content (AvgIpc) is 3.24. The van der Waals surface area contributed by atoms with Gasteiger partial charge in [-0.1, -0.05) is 41.9 Å². The van der Waals surface area contributed by atoms with Crippen molar-refractivity contribution < 1.29 is 44.7 Å². The predicted molar refractivity (Wildman–Crippen MR) is 237 cm³/mol. The van der Waals surface area contributed by atoms with Gasteiger partial charge in [0, 0.05) is 79.2 Å². The Balaban J connectivity index is 1.23. The zero-order valence-electron chi connectivity index (χ0n) is 33.7. The van der Waals surface area contributed by atoms with Gasteiger partial charge in [-0.3, -0.25) is 9.59 Å². The van der Waals surface area contributed by atoms with E-state index in [1.165, 1.54) is 23.9 Å². The number of halogens is 4. The SMILES string of the molecule is CC(=O)N1CCC(c2ccc(Cl)cc2)=C(CNCCNc2ccc(C(=O)NS(=O)(=O)c3ccc(N[C@H](CCNCCO)CSc4ccccc4)c(S(=O)(=O)C(F)(F)F)c3)cc2)C1. The number of amides is 2. The van der Waals surface area contributed by atoms with Gasteiger partial charge in [0.2, 0.25) is 5.91 Å². The molecule has 13 nitrogen and oxygen atoms in total. The van der Waals surface area contributed by atoms with E-state index in [9.17, 15) is 39.6 Å². The van der Waals surface area contributed by atoms with Crippen molar-refractivity contribution in [2.24, 2.45) is 0 Å². The third-order valence-electron chi connectivity index (χ3n) is 9.79. The highest BCUT2D eigenvalue weighted by molar-refractivity contribution is 7.99. The van der Waals surface area contributed by atoms with E-state index in [2.05, 4.69) is 21.3 Å². The van der Waals surface area contributed by atoms with E-state index in [0.717, 1.165) is 33.7 Å². The standard InChI is InChI=1S/C42H48ClF3N6O7S3/c1-29(54)52-23-18-38(30-7-11-33(43)12-8-30)32(27-52)26-48-20-21-49-34-13-9-31(10-14-34)41(55)51-62(58,59)37-15-16-39(40(25-37)61(56,57)42(44,45)46)50-35(17-19-47-22-24-53)28-60-36-5-3-2-4-6-36/h2-16,25,35,47-50,53H,17-24,26-28H2,1H3,(H,51,55)/t35-/m1/s1. The fourth-order valence-electron chi connectivity index (χ4n) is 6.52. The van der Waals surface area contributed by atoms with Crippen LogP contribution in [-0.2, 0) is 24.7 Å². The number of alkyl halides is 3. The summed E-state index contributed by atoms with van der Waals surface area (Å²) < 4.78 is 96.3. The molecule has 0 spiro atoms. The molecule has 5 rings (SSSR count). The summed E-state index contributed by atoms with van der Waals surface area (Å²) in [5, 5.41) is 22.2. The van der Waals surface area contributed by atoms with Crippen LogP contribution in [0.3, 0.4) is 0 Å². The molecule has 334 valence electrons. The molecule has 0 unspecified atom stereocenters. The third-order valence-corrected chi connectivity index (χ3v) is 14.1. The molecular formula is C42H48ClF3N6O7S3. The first-order valence-electron chi connectivity index (χ1n) is 19.5. The number of carbonyl (C=O) groups is 2. The van der Waals surface area contributed by atoms with Gasteiger partial charge in [0.05, 0.1) is 17.2 Å². The number of nitrogens with zero attached hydrogens (tertiary/aromatic N) is 1. The summed E-state index contributed by atoms with van der Waals surface area (Å²) in [4.78, 5) is 25.7. The molecule has 2 amide bonds. The van der Waals surface area contributed by atoms with E-state index >= 15 is 0 Å². The van der Waals surface area contributed by atoms with Crippen molar-refractivity contribution in [2.75, 3.05) is 68.8 Å². The highest BCUT2D eigenvalue weighted by atomic mass is 35.5. The molecular weight excluding hydrogens is 889 g/mol. The molecule has 0 radical (unpaired) electrons. The summed E-state index contributed by atoms with van der Waals surface area (Å²) in [6.45, 7) is 4.68. The summed E-state index contributed by atoms with van der Waals surface area (Å²) in [6.07, 6.45) is 1.02.